The molecule has 0 unspecified atom stereocenters. The maximum absolute atomic E-state index is 9.25. The van der Waals surface area contributed by atoms with Crippen molar-refractivity contribution in [3.05, 3.63) is 30.0 Å². The Bertz CT molecular complexity index is 501. The van der Waals surface area contributed by atoms with Crippen molar-refractivity contribution in [2.24, 2.45) is 0 Å². The molecule has 82 valence electrons. The number of hydrogen-bond acceptors (Lipinski definition) is 3. The van der Waals surface area contributed by atoms with Crippen LogP contribution in [0.1, 0.15) is 12.1 Å². The zero-order valence-corrected chi connectivity index (χ0v) is 8.83. The first-order valence-electron chi connectivity index (χ1n) is 5.45. The second kappa shape index (κ2) is 3.56. The zero-order valence-electron chi connectivity index (χ0n) is 8.83. The predicted octanol–water partition coefficient (Wildman–Crippen LogP) is 2.14. The van der Waals surface area contributed by atoms with Gasteiger partial charge >= 0.3 is 0 Å². The summed E-state index contributed by atoms with van der Waals surface area (Å²) in [5, 5.41) is 20.0. The Morgan fingerprint density at radius 3 is 2.81 bits per heavy atom. The maximum Gasteiger partial charge on any atom is 0.115 e. The Morgan fingerprint density at radius 2 is 2.00 bits per heavy atom. The standard InChI is InChI=1S/C12H13N3O/c16-9-5-3-8(4-6-9)11-12-10(14-15-11)2-1-7-13-12/h3-6,13,16H,1-2,7H2,(H,14,15). The minimum Gasteiger partial charge on any atom is -0.508 e. The van der Waals surface area contributed by atoms with Gasteiger partial charge in [-0.2, -0.15) is 5.10 Å². The van der Waals surface area contributed by atoms with Gasteiger partial charge in [-0.3, -0.25) is 5.10 Å². The number of aromatic amines is 1. The van der Waals surface area contributed by atoms with Crippen molar-refractivity contribution in [3.8, 4) is 17.0 Å². The molecule has 2 aromatic rings. The molecule has 4 heteroatoms. The Labute approximate surface area is 93.3 Å². The molecular weight excluding hydrogens is 202 g/mol. The van der Waals surface area contributed by atoms with E-state index in [1.54, 1.807) is 12.1 Å². The molecule has 0 saturated heterocycles. The number of benzene rings is 1. The van der Waals surface area contributed by atoms with Crippen molar-refractivity contribution in [2.75, 3.05) is 11.9 Å². The molecule has 0 fully saturated rings. The van der Waals surface area contributed by atoms with Crippen molar-refractivity contribution < 1.29 is 5.11 Å². The molecule has 1 aliphatic heterocycles. The van der Waals surface area contributed by atoms with E-state index in [-0.39, 0.29) is 5.75 Å². The molecule has 0 aliphatic carbocycles. The van der Waals surface area contributed by atoms with Gasteiger partial charge in [-0.25, -0.2) is 0 Å². The van der Waals surface area contributed by atoms with Crippen LogP contribution in [0.15, 0.2) is 24.3 Å². The van der Waals surface area contributed by atoms with Gasteiger partial charge in [0.15, 0.2) is 0 Å². The first kappa shape index (κ1) is 9.27. The quantitative estimate of drug-likeness (QED) is 0.683. The molecular formula is C12H13N3O. The zero-order chi connectivity index (χ0) is 11.0. The van der Waals surface area contributed by atoms with E-state index in [1.807, 2.05) is 12.1 Å². The summed E-state index contributed by atoms with van der Waals surface area (Å²) in [4.78, 5) is 0. The topological polar surface area (TPSA) is 60.9 Å². The van der Waals surface area contributed by atoms with Gasteiger partial charge in [0.2, 0.25) is 0 Å². The highest BCUT2D eigenvalue weighted by Gasteiger charge is 2.17. The monoisotopic (exact) mass is 215 g/mol. The van der Waals surface area contributed by atoms with Gasteiger partial charge in [0, 0.05) is 12.1 Å². The van der Waals surface area contributed by atoms with E-state index in [0.717, 1.165) is 36.3 Å². The van der Waals surface area contributed by atoms with E-state index in [2.05, 4.69) is 15.5 Å². The van der Waals surface area contributed by atoms with Crippen LogP contribution in [-0.4, -0.2) is 21.8 Å². The lowest BCUT2D eigenvalue weighted by Gasteiger charge is -2.14. The van der Waals surface area contributed by atoms with E-state index in [4.69, 9.17) is 0 Å². The van der Waals surface area contributed by atoms with Crippen LogP contribution in [-0.2, 0) is 6.42 Å². The van der Waals surface area contributed by atoms with Crippen molar-refractivity contribution >= 4 is 5.69 Å². The molecule has 2 heterocycles. The third-order valence-electron chi connectivity index (χ3n) is 2.89. The molecule has 4 nitrogen and oxygen atoms in total. The van der Waals surface area contributed by atoms with Crippen molar-refractivity contribution in [2.45, 2.75) is 12.8 Å². The summed E-state index contributed by atoms with van der Waals surface area (Å²) in [6.07, 6.45) is 2.19. The molecule has 1 aromatic heterocycles. The summed E-state index contributed by atoms with van der Waals surface area (Å²) in [6, 6.07) is 7.11. The lowest BCUT2D eigenvalue weighted by molar-refractivity contribution is 0.475. The fourth-order valence-electron chi connectivity index (χ4n) is 2.06. The predicted molar refractivity (Wildman–Crippen MR) is 62.5 cm³/mol. The number of aromatic nitrogens is 2. The van der Waals surface area contributed by atoms with E-state index in [0.29, 0.717) is 0 Å². The van der Waals surface area contributed by atoms with Crippen molar-refractivity contribution in [1.29, 1.82) is 0 Å². The molecule has 0 radical (unpaired) electrons. The van der Waals surface area contributed by atoms with Gasteiger partial charge in [-0.15, -0.1) is 0 Å². The van der Waals surface area contributed by atoms with Crippen LogP contribution < -0.4 is 5.32 Å². The molecule has 0 amide bonds. The Kier molecular flexibility index (Phi) is 2.06. The molecule has 3 rings (SSSR count). The van der Waals surface area contributed by atoms with Crippen LogP contribution in [0.3, 0.4) is 0 Å². The van der Waals surface area contributed by atoms with Crippen LogP contribution in [0, 0.1) is 0 Å². The number of aryl methyl sites for hydroxylation is 1. The van der Waals surface area contributed by atoms with Crippen LogP contribution >= 0.6 is 0 Å². The average Bonchev–Trinajstić information content (AvgIpc) is 2.74. The highest BCUT2D eigenvalue weighted by atomic mass is 16.3. The number of anilines is 1. The maximum atomic E-state index is 9.25. The number of nitrogens with zero attached hydrogens (tertiary/aromatic N) is 1. The molecule has 1 aliphatic rings. The molecule has 0 bridgehead atoms. The third kappa shape index (κ3) is 1.43. The normalized spacial score (nSPS) is 14.2. The lowest BCUT2D eigenvalue weighted by Crippen LogP contribution is -2.10. The van der Waals surface area contributed by atoms with Crippen molar-refractivity contribution in [1.82, 2.24) is 10.2 Å². The van der Waals surface area contributed by atoms with Gasteiger partial charge in [-0.1, -0.05) is 0 Å². The van der Waals surface area contributed by atoms with Crippen LogP contribution in [0.5, 0.6) is 5.75 Å². The Hall–Kier alpha value is -1.97. The molecule has 0 saturated carbocycles. The molecule has 16 heavy (non-hydrogen) atoms. The summed E-state index contributed by atoms with van der Waals surface area (Å²) in [5.41, 5.74) is 4.24. The van der Waals surface area contributed by atoms with Crippen LogP contribution in [0.25, 0.3) is 11.3 Å². The lowest BCUT2D eigenvalue weighted by atomic mass is 10.1. The highest BCUT2D eigenvalue weighted by molar-refractivity contribution is 5.76. The Balaban J connectivity index is 2.06. The van der Waals surface area contributed by atoms with E-state index >= 15 is 0 Å². The average molecular weight is 215 g/mol. The summed E-state index contributed by atoms with van der Waals surface area (Å²) in [6.45, 7) is 0.998. The third-order valence-corrected chi connectivity index (χ3v) is 2.89. The van der Waals surface area contributed by atoms with Crippen molar-refractivity contribution in [3.63, 3.8) is 0 Å². The number of hydrogen-bond donors (Lipinski definition) is 3. The second-order valence-electron chi connectivity index (χ2n) is 4.00. The number of rotatable bonds is 1. The first-order chi connectivity index (χ1) is 7.84. The van der Waals surface area contributed by atoms with E-state index in [1.165, 1.54) is 5.69 Å². The van der Waals surface area contributed by atoms with E-state index in [9.17, 15) is 5.11 Å². The van der Waals surface area contributed by atoms with Gasteiger partial charge in [0.1, 0.15) is 11.4 Å². The van der Waals surface area contributed by atoms with E-state index < -0.39 is 0 Å². The number of fused-ring (bicyclic) bond motifs is 1. The minimum atomic E-state index is 0.279. The number of phenolic OH excluding ortho intramolecular Hbond substituents is 1. The smallest absolute Gasteiger partial charge is 0.115 e. The highest BCUT2D eigenvalue weighted by Crippen LogP contribution is 2.32. The molecule has 0 spiro atoms. The number of phenols is 1. The summed E-state index contributed by atoms with van der Waals surface area (Å²) in [5.74, 6) is 0.279. The largest absolute Gasteiger partial charge is 0.508 e. The summed E-state index contributed by atoms with van der Waals surface area (Å²) < 4.78 is 0. The number of H-pyrrole nitrogens is 1. The molecule has 3 N–H and O–H groups in total. The van der Waals surface area contributed by atoms with Crippen LogP contribution in [0.2, 0.25) is 0 Å². The summed E-state index contributed by atoms with van der Waals surface area (Å²) >= 11 is 0. The summed E-state index contributed by atoms with van der Waals surface area (Å²) in [7, 11) is 0. The van der Waals surface area contributed by atoms with Crippen LogP contribution in [0.4, 0.5) is 5.69 Å². The molecule has 0 atom stereocenters. The van der Waals surface area contributed by atoms with Gasteiger partial charge in [0.25, 0.3) is 0 Å². The minimum absolute atomic E-state index is 0.279. The fourth-order valence-corrected chi connectivity index (χ4v) is 2.06. The number of nitrogens with one attached hydrogen (secondary N) is 2. The van der Waals surface area contributed by atoms with Gasteiger partial charge in [-0.05, 0) is 37.1 Å². The van der Waals surface area contributed by atoms with Gasteiger partial charge < -0.3 is 10.4 Å². The van der Waals surface area contributed by atoms with Gasteiger partial charge in [0.05, 0.1) is 11.4 Å². The fraction of sp³-hybridized carbons (Fsp3) is 0.250. The Morgan fingerprint density at radius 1 is 1.19 bits per heavy atom. The molecule has 1 aromatic carbocycles. The SMILES string of the molecule is Oc1ccc(-c2n[nH]c3c2NCCC3)cc1. The second-order valence-corrected chi connectivity index (χ2v) is 4.00. The number of aromatic hydroxyl groups is 1. The first-order valence-corrected chi connectivity index (χ1v) is 5.45.